The Morgan fingerprint density at radius 1 is 1.67 bits per heavy atom. The van der Waals surface area contributed by atoms with Gasteiger partial charge in [-0.25, -0.2) is 4.79 Å². The van der Waals surface area contributed by atoms with Crippen LogP contribution in [0.5, 0.6) is 0 Å². The molecule has 0 bridgehead atoms. The van der Waals surface area contributed by atoms with Gasteiger partial charge >= 0.3 is 5.97 Å². The summed E-state index contributed by atoms with van der Waals surface area (Å²) < 4.78 is 10.2. The Hall–Kier alpha value is -1.46. The van der Waals surface area contributed by atoms with Gasteiger partial charge in [0.1, 0.15) is 0 Å². The zero-order valence-electron chi connectivity index (χ0n) is 10.7. The molecule has 1 aliphatic rings. The first-order valence-electron chi connectivity index (χ1n) is 6.09. The molecule has 1 aromatic rings. The Kier molecular flexibility index (Phi) is 4.28. The maximum absolute atomic E-state index is 11.6. The number of nitrogens with zero attached hydrogens (tertiary/aromatic N) is 1. The molecule has 98 valence electrons. The topological polar surface area (TPSA) is 60.5 Å². The Balaban J connectivity index is 2.02. The van der Waals surface area contributed by atoms with Crippen molar-refractivity contribution in [3.05, 3.63) is 29.6 Å². The zero-order chi connectivity index (χ0) is 13.0. The van der Waals surface area contributed by atoms with Crippen molar-refractivity contribution in [1.82, 2.24) is 10.3 Å². The molecule has 0 spiro atoms. The molecule has 1 N–H and O–H groups in total. The first kappa shape index (κ1) is 13.0. The van der Waals surface area contributed by atoms with Crippen LogP contribution in [0, 0.1) is 0 Å². The summed E-state index contributed by atoms with van der Waals surface area (Å²) in [6.45, 7) is 3.37. The summed E-state index contributed by atoms with van der Waals surface area (Å²) in [5.41, 5.74) is 1.22. The van der Waals surface area contributed by atoms with Crippen LogP contribution in [0.25, 0.3) is 0 Å². The third-order valence-electron chi connectivity index (χ3n) is 3.20. The van der Waals surface area contributed by atoms with E-state index in [4.69, 9.17) is 9.47 Å². The van der Waals surface area contributed by atoms with Crippen molar-refractivity contribution in [2.75, 3.05) is 13.7 Å². The second-order valence-electron chi connectivity index (χ2n) is 4.34. The molecule has 1 fully saturated rings. The van der Waals surface area contributed by atoms with Gasteiger partial charge in [-0.2, -0.15) is 0 Å². The van der Waals surface area contributed by atoms with Gasteiger partial charge in [0.15, 0.2) is 0 Å². The summed E-state index contributed by atoms with van der Waals surface area (Å²) in [6.07, 6.45) is 2.87. The van der Waals surface area contributed by atoms with E-state index in [1.54, 1.807) is 18.3 Å². The molecule has 5 nitrogen and oxygen atoms in total. The Labute approximate surface area is 107 Å². The molecule has 2 atom stereocenters. The number of aromatic nitrogens is 1. The van der Waals surface area contributed by atoms with E-state index in [-0.39, 0.29) is 12.1 Å². The minimum Gasteiger partial charge on any atom is -0.465 e. The molecule has 18 heavy (non-hydrogen) atoms. The molecule has 0 saturated carbocycles. The van der Waals surface area contributed by atoms with Crippen LogP contribution < -0.4 is 5.32 Å². The number of methoxy groups -OCH3 is 1. The highest BCUT2D eigenvalue weighted by Gasteiger charge is 2.24. The van der Waals surface area contributed by atoms with Gasteiger partial charge in [0.25, 0.3) is 0 Å². The number of hydrogen-bond acceptors (Lipinski definition) is 5. The minimum absolute atomic E-state index is 0.204. The molecule has 5 heteroatoms. The highest BCUT2D eigenvalue weighted by molar-refractivity contribution is 5.90. The van der Waals surface area contributed by atoms with Crippen molar-refractivity contribution >= 4 is 5.97 Å². The Morgan fingerprint density at radius 3 is 3.17 bits per heavy atom. The highest BCUT2D eigenvalue weighted by atomic mass is 16.5. The first-order chi connectivity index (χ1) is 8.72. The predicted octanol–water partition coefficient (Wildman–Crippen LogP) is 1.14. The van der Waals surface area contributed by atoms with Crippen molar-refractivity contribution in [3.8, 4) is 0 Å². The molecule has 0 aliphatic carbocycles. The largest absolute Gasteiger partial charge is 0.465 e. The highest BCUT2D eigenvalue weighted by Crippen LogP contribution is 2.14. The third kappa shape index (κ3) is 2.86. The quantitative estimate of drug-likeness (QED) is 0.812. The van der Waals surface area contributed by atoms with Crippen LogP contribution in [0.2, 0.25) is 0 Å². The van der Waals surface area contributed by atoms with Crippen molar-refractivity contribution in [2.24, 2.45) is 0 Å². The van der Waals surface area contributed by atoms with Crippen LogP contribution in [-0.2, 0) is 16.0 Å². The van der Waals surface area contributed by atoms with E-state index >= 15 is 0 Å². The predicted molar refractivity (Wildman–Crippen MR) is 66.2 cm³/mol. The standard InChI is InChI=1S/C13H18N2O3/c1-9-11(5-7-18-9)15-8-12-10(13(16)17-2)4-3-6-14-12/h3-4,6,9,11,15H,5,7-8H2,1-2H3. The number of ether oxygens (including phenoxy) is 2. The summed E-state index contributed by atoms with van der Waals surface area (Å²) in [5.74, 6) is -0.351. The summed E-state index contributed by atoms with van der Waals surface area (Å²) >= 11 is 0. The lowest BCUT2D eigenvalue weighted by Gasteiger charge is -2.16. The van der Waals surface area contributed by atoms with Crippen LogP contribution in [0.4, 0.5) is 0 Å². The third-order valence-corrected chi connectivity index (χ3v) is 3.20. The van der Waals surface area contributed by atoms with Gasteiger partial charge in [-0.3, -0.25) is 4.98 Å². The molecule has 2 unspecified atom stereocenters. The lowest BCUT2D eigenvalue weighted by Crippen LogP contribution is -2.34. The van der Waals surface area contributed by atoms with Gasteiger partial charge in [0.2, 0.25) is 0 Å². The first-order valence-corrected chi connectivity index (χ1v) is 6.09. The fourth-order valence-corrected chi connectivity index (χ4v) is 2.10. The number of carbonyl (C=O) groups is 1. The average molecular weight is 250 g/mol. The summed E-state index contributed by atoms with van der Waals surface area (Å²) in [7, 11) is 1.37. The number of carbonyl (C=O) groups excluding carboxylic acids is 1. The Morgan fingerprint density at radius 2 is 2.50 bits per heavy atom. The van der Waals surface area contributed by atoms with Gasteiger partial charge in [0, 0.05) is 25.4 Å². The number of hydrogen-bond donors (Lipinski definition) is 1. The van der Waals surface area contributed by atoms with Crippen LogP contribution >= 0.6 is 0 Å². The molecule has 1 saturated heterocycles. The number of pyridine rings is 1. The normalized spacial score (nSPS) is 23.0. The monoisotopic (exact) mass is 250 g/mol. The number of esters is 1. The van der Waals surface area contributed by atoms with Crippen LogP contribution in [-0.4, -0.2) is 36.8 Å². The summed E-state index contributed by atoms with van der Waals surface area (Å²) in [5, 5.41) is 3.37. The summed E-state index contributed by atoms with van der Waals surface area (Å²) in [6, 6.07) is 3.78. The molecule has 2 heterocycles. The molecular weight excluding hydrogens is 232 g/mol. The number of nitrogens with one attached hydrogen (secondary N) is 1. The van der Waals surface area contributed by atoms with Crippen LogP contribution in [0.1, 0.15) is 29.4 Å². The van der Waals surface area contributed by atoms with Gasteiger partial charge in [0.05, 0.1) is 24.5 Å². The molecule has 0 amide bonds. The lowest BCUT2D eigenvalue weighted by atomic mass is 10.1. The zero-order valence-corrected chi connectivity index (χ0v) is 10.7. The van der Waals surface area contributed by atoms with E-state index in [0.29, 0.717) is 23.8 Å². The van der Waals surface area contributed by atoms with E-state index < -0.39 is 0 Å². The van der Waals surface area contributed by atoms with Gasteiger partial charge in [-0.1, -0.05) is 0 Å². The van der Waals surface area contributed by atoms with E-state index in [0.717, 1.165) is 13.0 Å². The van der Waals surface area contributed by atoms with Crippen LogP contribution in [0.15, 0.2) is 18.3 Å². The average Bonchev–Trinajstić information content (AvgIpc) is 2.81. The molecule has 2 rings (SSSR count). The Bertz CT molecular complexity index is 422. The second kappa shape index (κ2) is 5.93. The van der Waals surface area contributed by atoms with Crippen molar-refractivity contribution in [2.45, 2.75) is 32.0 Å². The fourth-order valence-electron chi connectivity index (χ4n) is 2.10. The molecule has 1 aromatic heterocycles. The maximum atomic E-state index is 11.6. The van der Waals surface area contributed by atoms with Crippen molar-refractivity contribution in [3.63, 3.8) is 0 Å². The molecule has 0 aromatic carbocycles. The van der Waals surface area contributed by atoms with Crippen LogP contribution in [0.3, 0.4) is 0 Å². The summed E-state index contributed by atoms with van der Waals surface area (Å²) in [4.78, 5) is 15.8. The smallest absolute Gasteiger partial charge is 0.339 e. The lowest BCUT2D eigenvalue weighted by molar-refractivity contribution is 0.0598. The van der Waals surface area contributed by atoms with E-state index in [1.165, 1.54) is 7.11 Å². The van der Waals surface area contributed by atoms with Gasteiger partial charge < -0.3 is 14.8 Å². The fraction of sp³-hybridized carbons (Fsp3) is 0.538. The van der Waals surface area contributed by atoms with Gasteiger partial charge in [-0.05, 0) is 25.5 Å². The van der Waals surface area contributed by atoms with Gasteiger partial charge in [-0.15, -0.1) is 0 Å². The van der Waals surface area contributed by atoms with Crippen molar-refractivity contribution < 1.29 is 14.3 Å². The number of rotatable bonds is 4. The van der Waals surface area contributed by atoms with E-state index in [2.05, 4.69) is 10.3 Å². The molecule has 1 aliphatic heterocycles. The van der Waals surface area contributed by atoms with E-state index in [1.807, 2.05) is 6.92 Å². The second-order valence-corrected chi connectivity index (χ2v) is 4.34. The van der Waals surface area contributed by atoms with E-state index in [9.17, 15) is 4.79 Å². The molecule has 0 radical (unpaired) electrons. The maximum Gasteiger partial charge on any atom is 0.339 e. The van der Waals surface area contributed by atoms with Crippen molar-refractivity contribution in [1.29, 1.82) is 0 Å². The minimum atomic E-state index is -0.351. The SMILES string of the molecule is COC(=O)c1cccnc1CNC1CCOC1C. The molecular formula is C13H18N2O3.